The summed E-state index contributed by atoms with van der Waals surface area (Å²) in [6.45, 7) is 5.47. The molecular weight excluding hydrogens is 344 g/mol. The van der Waals surface area contributed by atoms with E-state index in [-0.39, 0.29) is 22.0 Å². The van der Waals surface area contributed by atoms with Gasteiger partial charge in [0, 0.05) is 12.7 Å². The molecular formula is C16H20N4O4S. The average Bonchev–Trinajstić information content (AvgIpc) is 3.05. The van der Waals surface area contributed by atoms with E-state index in [4.69, 9.17) is 10.5 Å². The predicted octanol–water partition coefficient (Wildman–Crippen LogP) is 2.02. The molecule has 134 valence electrons. The van der Waals surface area contributed by atoms with E-state index in [0.717, 1.165) is 11.3 Å². The van der Waals surface area contributed by atoms with E-state index in [0.29, 0.717) is 23.2 Å². The van der Waals surface area contributed by atoms with Crippen LogP contribution < -0.4 is 11.1 Å². The maximum Gasteiger partial charge on any atom is 0.341 e. The number of ether oxygens (including phenoxy) is 1. The maximum absolute atomic E-state index is 12.5. The van der Waals surface area contributed by atoms with Crippen molar-refractivity contribution < 1.29 is 19.1 Å². The van der Waals surface area contributed by atoms with Gasteiger partial charge in [-0.05, 0) is 25.8 Å². The lowest BCUT2D eigenvalue weighted by molar-refractivity contribution is 0.0506. The number of hydrogen-bond acceptors (Lipinski definition) is 6. The normalized spacial score (nSPS) is 10.6. The first-order valence-corrected chi connectivity index (χ1v) is 8.49. The zero-order valence-corrected chi connectivity index (χ0v) is 15.3. The first-order chi connectivity index (χ1) is 11.8. The molecule has 0 bridgehead atoms. The van der Waals surface area contributed by atoms with Gasteiger partial charge in [0.25, 0.3) is 11.8 Å². The second-order valence-corrected chi connectivity index (χ2v) is 6.50. The maximum atomic E-state index is 12.5. The van der Waals surface area contributed by atoms with Crippen molar-refractivity contribution in [2.24, 2.45) is 12.8 Å². The first kappa shape index (κ1) is 18.7. The van der Waals surface area contributed by atoms with Crippen LogP contribution in [0.1, 0.15) is 55.0 Å². The molecule has 9 heteroatoms. The van der Waals surface area contributed by atoms with E-state index in [1.54, 1.807) is 25.6 Å². The Morgan fingerprint density at radius 1 is 1.36 bits per heavy atom. The van der Waals surface area contributed by atoms with Crippen molar-refractivity contribution in [2.75, 3.05) is 11.9 Å². The smallest absolute Gasteiger partial charge is 0.341 e. The third-order valence-corrected chi connectivity index (χ3v) is 4.94. The Kier molecular flexibility index (Phi) is 5.58. The molecule has 0 fully saturated rings. The number of nitrogens with zero attached hydrogens (tertiary/aromatic N) is 2. The summed E-state index contributed by atoms with van der Waals surface area (Å²) in [4.78, 5) is 36.6. The summed E-state index contributed by atoms with van der Waals surface area (Å²) in [6, 6.07) is 0. The number of thiophene rings is 1. The summed E-state index contributed by atoms with van der Waals surface area (Å²) in [7, 11) is 1.72. The number of primary amides is 1. The van der Waals surface area contributed by atoms with Crippen LogP contribution in [0.25, 0.3) is 0 Å². The van der Waals surface area contributed by atoms with Gasteiger partial charge in [-0.2, -0.15) is 5.10 Å². The van der Waals surface area contributed by atoms with Crippen molar-refractivity contribution >= 4 is 34.1 Å². The quantitative estimate of drug-likeness (QED) is 0.761. The molecule has 2 amide bonds. The zero-order chi connectivity index (χ0) is 18.7. The van der Waals surface area contributed by atoms with Crippen molar-refractivity contribution in [3.05, 3.63) is 33.5 Å². The molecule has 0 aliphatic rings. The Labute approximate surface area is 149 Å². The Morgan fingerprint density at radius 3 is 2.56 bits per heavy atom. The lowest BCUT2D eigenvalue weighted by Gasteiger charge is -2.07. The van der Waals surface area contributed by atoms with Gasteiger partial charge in [0.05, 0.1) is 28.8 Å². The van der Waals surface area contributed by atoms with E-state index in [1.165, 1.54) is 6.20 Å². The molecule has 0 aliphatic heterocycles. The highest BCUT2D eigenvalue weighted by Gasteiger charge is 2.26. The van der Waals surface area contributed by atoms with E-state index in [1.807, 2.05) is 6.92 Å². The van der Waals surface area contributed by atoms with Crippen LogP contribution >= 0.6 is 11.3 Å². The lowest BCUT2D eigenvalue weighted by Crippen LogP contribution is -2.16. The molecule has 2 aromatic rings. The van der Waals surface area contributed by atoms with Crippen LogP contribution in [0.15, 0.2) is 6.20 Å². The third kappa shape index (κ3) is 3.71. The monoisotopic (exact) mass is 364 g/mol. The Hall–Kier alpha value is -2.68. The molecule has 0 aromatic carbocycles. The number of carbonyl (C=O) groups excluding carboxylic acids is 3. The molecule has 0 saturated heterocycles. The minimum absolute atomic E-state index is 0.155. The second kappa shape index (κ2) is 7.47. The molecule has 0 spiro atoms. The molecule has 0 radical (unpaired) electrons. The number of carbonyl (C=O) groups is 3. The zero-order valence-electron chi connectivity index (χ0n) is 14.5. The van der Waals surface area contributed by atoms with Crippen LogP contribution in [-0.2, 0) is 11.8 Å². The minimum atomic E-state index is -0.662. The second-order valence-electron chi connectivity index (χ2n) is 5.48. The van der Waals surface area contributed by atoms with E-state index in [2.05, 4.69) is 10.4 Å². The SMILES string of the molecule is CCCOC(=O)c1c(NC(=O)c2cnn(C)c2C)sc(C(N)=O)c1C. The molecule has 0 unspecified atom stereocenters. The Morgan fingerprint density at radius 2 is 2.04 bits per heavy atom. The predicted molar refractivity (Wildman–Crippen MR) is 94.0 cm³/mol. The van der Waals surface area contributed by atoms with Crippen molar-refractivity contribution in [1.29, 1.82) is 0 Å². The molecule has 25 heavy (non-hydrogen) atoms. The largest absolute Gasteiger partial charge is 0.462 e. The number of esters is 1. The molecule has 2 heterocycles. The fourth-order valence-corrected chi connectivity index (χ4v) is 3.28. The van der Waals surface area contributed by atoms with E-state index < -0.39 is 17.8 Å². The Balaban J connectivity index is 2.40. The number of rotatable bonds is 6. The third-order valence-electron chi connectivity index (χ3n) is 3.72. The van der Waals surface area contributed by atoms with Crippen LogP contribution in [0.4, 0.5) is 5.00 Å². The van der Waals surface area contributed by atoms with Crippen molar-refractivity contribution in [3.8, 4) is 0 Å². The summed E-state index contributed by atoms with van der Waals surface area (Å²) < 4.78 is 6.72. The van der Waals surface area contributed by atoms with Crippen LogP contribution in [0.3, 0.4) is 0 Å². The van der Waals surface area contributed by atoms with Gasteiger partial charge in [-0.25, -0.2) is 4.79 Å². The summed E-state index contributed by atoms with van der Waals surface area (Å²) in [5.74, 6) is -1.68. The van der Waals surface area contributed by atoms with Crippen LogP contribution in [-0.4, -0.2) is 34.2 Å². The summed E-state index contributed by atoms with van der Waals surface area (Å²) >= 11 is 0.957. The van der Waals surface area contributed by atoms with Gasteiger partial charge in [0.15, 0.2) is 0 Å². The number of nitrogens with two attached hydrogens (primary N) is 1. The number of amides is 2. The van der Waals surface area contributed by atoms with Gasteiger partial charge >= 0.3 is 5.97 Å². The van der Waals surface area contributed by atoms with Crippen LogP contribution in [0.5, 0.6) is 0 Å². The number of aryl methyl sites for hydroxylation is 1. The topological polar surface area (TPSA) is 116 Å². The molecule has 0 saturated carbocycles. The molecule has 2 aromatic heterocycles. The molecule has 2 rings (SSSR count). The summed E-state index contributed by atoms with van der Waals surface area (Å²) in [5.41, 5.74) is 6.97. The molecule has 0 atom stereocenters. The minimum Gasteiger partial charge on any atom is -0.462 e. The molecule has 3 N–H and O–H groups in total. The fourth-order valence-electron chi connectivity index (χ4n) is 2.24. The first-order valence-electron chi connectivity index (χ1n) is 7.68. The number of anilines is 1. The van der Waals surface area contributed by atoms with Crippen LogP contribution in [0.2, 0.25) is 0 Å². The van der Waals surface area contributed by atoms with E-state index in [9.17, 15) is 14.4 Å². The Bertz CT molecular complexity index is 838. The number of hydrogen-bond donors (Lipinski definition) is 2. The highest BCUT2D eigenvalue weighted by Crippen LogP contribution is 2.34. The number of nitrogens with one attached hydrogen (secondary N) is 1. The highest BCUT2D eigenvalue weighted by molar-refractivity contribution is 7.18. The van der Waals surface area contributed by atoms with Gasteiger partial charge in [-0.1, -0.05) is 6.92 Å². The van der Waals surface area contributed by atoms with Gasteiger partial charge in [-0.15, -0.1) is 11.3 Å². The van der Waals surface area contributed by atoms with Gasteiger partial charge in [-0.3, -0.25) is 14.3 Å². The summed E-state index contributed by atoms with van der Waals surface area (Å²) in [6.07, 6.45) is 2.10. The molecule has 8 nitrogen and oxygen atoms in total. The van der Waals surface area contributed by atoms with Gasteiger partial charge in [0.2, 0.25) is 0 Å². The van der Waals surface area contributed by atoms with Gasteiger partial charge in [0.1, 0.15) is 5.00 Å². The van der Waals surface area contributed by atoms with Crippen molar-refractivity contribution in [2.45, 2.75) is 27.2 Å². The van der Waals surface area contributed by atoms with Crippen LogP contribution in [0, 0.1) is 13.8 Å². The van der Waals surface area contributed by atoms with Gasteiger partial charge < -0.3 is 15.8 Å². The molecule has 0 aliphatic carbocycles. The van der Waals surface area contributed by atoms with Crippen molar-refractivity contribution in [3.63, 3.8) is 0 Å². The van der Waals surface area contributed by atoms with Crippen molar-refractivity contribution in [1.82, 2.24) is 9.78 Å². The number of aromatic nitrogens is 2. The fraction of sp³-hybridized carbons (Fsp3) is 0.375. The van der Waals surface area contributed by atoms with E-state index >= 15 is 0 Å². The highest BCUT2D eigenvalue weighted by atomic mass is 32.1. The average molecular weight is 364 g/mol. The standard InChI is InChI=1S/C16H20N4O4S/c1-5-6-24-16(23)11-8(2)12(13(17)21)25-15(11)19-14(22)10-7-18-20(4)9(10)3/h7H,5-6H2,1-4H3,(H2,17,21)(H,19,22). The summed E-state index contributed by atoms with van der Waals surface area (Å²) in [5, 5.41) is 6.93. The lowest BCUT2D eigenvalue weighted by atomic mass is 10.1.